The average molecular weight is 415 g/mol. The summed E-state index contributed by atoms with van der Waals surface area (Å²) in [4.78, 5) is 38.4. The number of esters is 1. The predicted molar refractivity (Wildman–Crippen MR) is 116 cm³/mol. The van der Waals surface area contributed by atoms with E-state index >= 15 is 0 Å². The summed E-state index contributed by atoms with van der Waals surface area (Å²) >= 11 is 0. The number of hydrogen-bond acceptors (Lipinski definition) is 5. The number of carbonyl (C=O) groups is 3. The third kappa shape index (κ3) is 4.33. The Morgan fingerprint density at radius 3 is 1.97 bits per heavy atom. The van der Waals surface area contributed by atoms with Crippen LogP contribution in [0, 0.1) is 0 Å². The highest BCUT2D eigenvalue weighted by molar-refractivity contribution is 6.34. The Hall–Kier alpha value is -3.93. The van der Waals surface area contributed by atoms with Crippen molar-refractivity contribution in [3.05, 3.63) is 89.5 Å². The van der Waals surface area contributed by atoms with Gasteiger partial charge < -0.3 is 9.47 Å². The van der Waals surface area contributed by atoms with Crippen molar-refractivity contribution in [2.24, 2.45) is 0 Å². The molecule has 1 heterocycles. The molecule has 0 radical (unpaired) electrons. The van der Waals surface area contributed by atoms with Gasteiger partial charge in [-0.15, -0.1) is 0 Å². The van der Waals surface area contributed by atoms with Crippen LogP contribution in [0.3, 0.4) is 0 Å². The van der Waals surface area contributed by atoms with Crippen LogP contribution in [0.15, 0.2) is 72.8 Å². The summed E-state index contributed by atoms with van der Waals surface area (Å²) in [6.07, 6.45) is 0.784. The maximum absolute atomic E-state index is 12.6. The van der Waals surface area contributed by atoms with Crippen molar-refractivity contribution in [1.29, 1.82) is 0 Å². The highest BCUT2D eigenvalue weighted by Crippen LogP contribution is 2.29. The van der Waals surface area contributed by atoms with Crippen molar-refractivity contribution in [3.8, 4) is 11.5 Å². The molecule has 0 aromatic heterocycles. The Kier molecular flexibility index (Phi) is 5.80. The summed E-state index contributed by atoms with van der Waals surface area (Å²) in [6.45, 7) is 2.54. The summed E-state index contributed by atoms with van der Waals surface area (Å²) < 4.78 is 10.8. The maximum Gasteiger partial charge on any atom is 0.311 e. The molecule has 1 aliphatic heterocycles. The first kappa shape index (κ1) is 20.3. The SMILES string of the molecule is CCOc1ccc(CCC(=O)Oc2ccc(N3C(=O)c4ccccc4C3=O)cc2)cc1. The summed E-state index contributed by atoms with van der Waals surface area (Å²) in [6, 6.07) is 20.7. The highest BCUT2D eigenvalue weighted by Gasteiger charge is 2.36. The summed E-state index contributed by atoms with van der Waals surface area (Å²) in [5, 5.41) is 0. The van der Waals surface area contributed by atoms with Crippen molar-refractivity contribution in [3.63, 3.8) is 0 Å². The van der Waals surface area contributed by atoms with Crippen LogP contribution in [0.4, 0.5) is 5.69 Å². The number of fused-ring (bicyclic) bond motifs is 1. The lowest BCUT2D eigenvalue weighted by atomic mass is 10.1. The van der Waals surface area contributed by atoms with Gasteiger partial charge in [0.25, 0.3) is 11.8 Å². The number of carbonyl (C=O) groups excluding carboxylic acids is 3. The second kappa shape index (κ2) is 8.83. The first-order chi connectivity index (χ1) is 15.1. The zero-order valence-corrected chi connectivity index (χ0v) is 17.0. The first-order valence-electron chi connectivity index (χ1n) is 10.1. The molecule has 3 aromatic rings. The third-order valence-corrected chi connectivity index (χ3v) is 4.97. The molecule has 3 aromatic carbocycles. The van der Waals surface area contributed by atoms with Crippen LogP contribution in [-0.2, 0) is 11.2 Å². The smallest absolute Gasteiger partial charge is 0.311 e. The van der Waals surface area contributed by atoms with Gasteiger partial charge in [0.15, 0.2) is 0 Å². The predicted octanol–water partition coefficient (Wildman–Crippen LogP) is 4.42. The molecule has 6 heteroatoms. The zero-order chi connectivity index (χ0) is 21.8. The molecule has 4 rings (SSSR count). The Balaban J connectivity index is 1.35. The van der Waals surface area contributed by atoms with Crippen LogP contribution in [-0.4, -0.2) is 24.4 Å². The lowest BCUT2D eigenvalue weighted by Crippen LogP contribution is -2.29. The number of anilines is 1. The van der Waals surface area contributed by atoms with E-state index in [0.717, 1.165) is 16.2 Å². The van der Waals surface area contributed by atoms with Crippen LogP contribution >= 0.6 is 0 Å². The van der Waals surface area contributed by atoms with Gasteiger partial charge in [0.05, 0.1) is 23.4 Å². The molecule has 0 bridgehead atoms. The Morgan fingerprint density at radius 1 is 0.806 bits per heavy atom. The minimum absolute atomic E-state index is 0.230. The number of ether oxygens (including phenoxy) is 2. The van der Waals surface area contributed by atoms with Crippen LogP contribution in [0.2, 0.25) is 0 Å². The molecule has 0 aliphatic carbocycles. The number of amides is 2. The minimum Gasteiger partial charge on any atom is -0.494 e. The van der Waals surface area contributed by atoms with Gasteiger partial charge >= 0.3 is 5.97 Å². The van der Waals surface area contributed by atoms with E-state index in [1.54, 1.807) is 48.5 Å². The highest BCUT2D eigenvalue weighted by atomic mass is 16.5. The summed E-state index contributed by atoms with van der Waals surface area (Å²) in [7, 11) is 0. The molecule has 2 amide bonds. The van der Waals surface area contributed by atoms with E-state index in [4.69, 9.17) is 9.47 Å². The van der Waals surface area contributed by atoms with Crippen LogP contribution in [0.5, 0.6) is 11.5 Å². The number of nitrogens with zero attached hydrogens (tertiary/aromatic N) is 1. The number of hydrogen-bond donors (Lipinski definition) is 0. The zero-order valence-electron chi connectivity index (χ0n) is 17.0. The second-order valence-corrected chi connectivity index (χ2v) is 7.04. The monoisotopic (exact) mass is 415 g/mol. The topological polar surface area (TPSA) is 72.9 Å². The summed E-state index contributed by atoms with van der Waals surface area (Å²) in [5.41, 5.74) is 2.22. The second-order valence-electron chi connectivity index (χ2n) is 7.04. The van der Waals surface area contributed by atoms with E-state index in [-0.39, 0.29) is 24.2 Å². The van der Waals surface area contributed by atoms with Gasteiger partial charge in [0.2, 0.25) is 0 Å². The Labute approximate surface area is 180 Å². The number of benzene rings is 3. The lowest BCUT2D eigenvalue weighted by Gasteiger charge is -2.14. The molecule has 0 saturated heterocycles. The van der Waals surface area contributed by atoms with E-state index in [9.17, 15) is 14.4 Å². The van der Waals surface area contributed by atoms with E-state index in [1.807, 2.05) is 31.2 Å². The summed E-state index contributed by atoms with van der Waals surface area (Å²) in [5.74, 6) is 0.0767. The molecule has 0 unspecified atom stereocenters. The Morgan fingerprint density at radius 2 is 1.39 bits per heavy atom. The van der Waals surface area contributed by atoms with Crippen molar-refractivity contribution >= 4 is 23.5 Å². The van der Waals surface area contributed by atoms with Gasteiger partial charge in [0.1, 0.15) is 11.5 Å². The molecule has 0 N–H and O–H groups in total. The largest absolute Gasteiger partial charge is 0.494 e. The van der Waals surface area contributed by atoms with Gasteiger partial charge in [-0.3, -0.25) is 14.4 Å². The minimum atomic E-state index is -0.360. The lowest BCUT2D eigenvalue weighted by molar-refractivity contribution is -0.134. The van der Waals surface area contributed by atoms with E-state index in [1.165, 1.54) is 0 Å². The van der Waals surface area contributed by atoms with E-state index in [2.05, 4.69) is 0 Å². The van der Waals surface area contributed by atoms with Crippen molar-refractivity contribution < 1.29 is 23.9 Å². The standard InChI is InChI=1S/C25H21NO5/c1-2-30-19-12-7-17(8-13-19)9-16-23(27)31-20-14-10-18(11-15-20)26-24(28)21-5-3-4-6-22(21)25(26)29/h3-8,10-15H,2,9,16H2,1H3. The quantitative estimate of drug-likeness (QED) is 0.324. The molecule has 0 fully saturated rings. The molecule has 0 saturated carbocycles. The number of imide groups is 1. The fourth-order valence-corrected chi connectivity index (χ4v) is 3.43. The molecule has 31 heavy (non-hydrogen) atoms. The van der Waals surface area contributed by atoms with Crippen LogP contribution < -0.4 is 14.4 Å². The maximum atomic E-state index is 12.6. The van der Waals surface area contributed by atoms with Crippen molar-refractivity contribution in [2.75, 3.05) is 11.5 Å². The third-order valence-electron chi connectivity index (χ3n) is 4.97. The first-order valence-corrected chi connectivity index (χ1v) is 10.1. The fraction of sp³-hybridized carbons (Fsp3) is 0.160. The number of rotatable bonds is 7. The van der Waals surface area contributed by atoms with Gasteiger partial charge in [0, 0.05) is 6.42 Å². The van der Waals surface area contributed by atoms with Gasteiger partial charge in [-0.1, -0.05) is 24.3 Å². The Bertz CT molecular complexity index is 1080. The van der Waals surface area contributed by atoms with Gasteiger partial charge in [-0.05, 0) is 67.4 Å². The normalized spacial score (nSPS) is 12.6. The molecule has 1 aliphatic rings. The van der Waals surface area contributed by atoms with Crippen LogP contribution in [0.25, 0.3) is 0 Å². The fourth-order valence-electron chi connectivity index (χ4n) is 3.43. The van der Waals surface area contributed by atoms with Crippen LogP contribution in [0.1, 0.15) is 39.6 Å². The molecule has 0 atom stereocenters. The molecule has 0 spiro atoms. The molecular formula is C25H21NO5. The van der Waals surface area contributed by atoms with E-state index in [0.29, 0.717) is 35.6 Å². The van der Waals surface area contributed by atoms with E-state index < -0.39 is 0 Å². The molecular weight excluding hydrogens is 394 g/mol. The van der Waals surface area contributed by atoms with Crippen molar-refractivity contribution in [2.45, 2.75) is 19.8 Å². The average Bonchev–Trinajstić information content (AvgIpc) is 3.04. The molecule has 156 valence electrons. The van der Waals surface area contributed by atoms with Crippen molar-refractivity contribution in [1.82, 2.24) is 0 Å². The number of aryl methyl sites for hydroxylation is 1. The molecule has 6 nitrogen and oxygen atoms in total. The van der Waals surface area contributed by atoms with Gasteiger partial charge in [-0.25, -0.2) is 4.90 Å². The van der Waals surface area contributed by atoms with Gasteiger partial charge in [-0.2, -0.15) is 0 Å².